The molecule has 1 fully saturated rings. The third-order valence-corrected chi connectivity index (χ3v) is 3.40. The molecule has 0 saturated heterocycles. The Hall–Kier alpha value is -1.88. The highest BCUT2D eigenvalue weighted by atomic mass is 16.5. The van der Waals surface area contributed by atoms with E-state index in [1.54, 1.807) is 30.3 Å². The molecule has 108 valence electrons. The van der Waals surface area contributed by atoms with Crippen LogP contribution in [0.15, 0.2) is 30.3 Å². The molecule has 1 amide bonds. The van der Waals surface area contributed by atoms with E-state index in [2.05, 4.69) is 5.32 Å². The number of nitrogens with one attached hydrogen (secondary N) is 1. The van der Waals surface area contributed by atoms with Gasteiger partial charge in [0.15, 0.2) is 12.7 Å². The van der Waals surface area contributed by atoms with E-state index in [-0.39, 0.29) is 18.6 Å². The molecule has 0 aliphatic heterocycles. The lowest BCUT2D eigenvalue weighted by Gasteiger charge is -2.13. The van der Waals surface area contributed by atoms with Gasteiger partial charge in [-0.15, -0.1) is 0 Å². The van der Waals surface area contributed by atoms with Gasteiger partial charge in [0.05, 0.1) is 0 Å². The molecule has 1 atom stereocenters. The molecular weight excluding hydrogens is 258 g/mol. The van der Waals surface area contributed by atoms with Gasteiger partial charge in [0.25, 0.3) is 5.91 Å². The summed E-state index contributed by atoms with van der Waals surface area (Å²) in [6, 6.07) is 8.68. The number of aliphatic hydroxyl groups excluding tert-OH is 1. The van der Waals surface area contributed by atoms with Crippen molar-refractivity contribution in [3.63, 3.8) is 0 Å². The molecule has 2 rings (SSSR count). The highest BCUT2D eigenvalue weighted by molar-refractivity contribution is 5.82. The van der Waals surface area contributed by atoms with Crippen LogP contribution in [-0.4, -0.2) is 29.6 Å². The molecule has 0 spiro atoms. The third-order valence-electron chi connectivity index (χ3n) is 3.40. The molecular formula is C15H19NO4. The van der Waals surface area contributed by atoms with Crippen molar-refractivity contribution in [2.75, 3.05) is 6.61 Å². The van der Waals surface area contributed by atoms with Crippen LogP contribution in [0.1, 0.15) is 37.4 Å². The monoisotopic (exact) mass is 277 g/mol. The summed E-state index contributed by atoms with van der Waals surface area (Å²) >= 11 is 0. The zero-order valence-electron chi connectivity index (χ0n) is 11.2. The Morgan fingerprint density at radius 3 is 2.55 bits per heavy atom. The molecule has 1 aromatic carbocycles. The quantitative estimate of drug-likeness (QED) is 0.796. The number of aliphatic hydroxyl groups is 1. The lowest BCUT2D eigenvalue weighted by molar-refractivity contribution is -0.157. The van der Waals surface area contributed by atoms with Crippen molar-refractivity contribution in [3.8, 4) is 0 Å². The number of ether oxygens (including phenoxy) is 1. The van der Waals surface area contributed by atoms with Crippen LogP contribution in [0.25, 0.3) is 0 Å². The smallest absolute Gasteiger partial charge is 0.340 e. The van der Waals surface area contributed by atoms with Crippen molar-refractivity contribution in [3.05, 3.63) is 35.9 Å². The van der Waals surface area contributed by atoms with E-state index < -0.39 is 12.1 Å². The summed E-state index contributed by atoms with van der Waals surface area (Å²) in [6.45, 7) is -0.348. The van der Waals surface area contributed by atoms with Crippen LogP contribution >= 0.6 is 0 Å². The number of esters is 1. The minimum Gasteiger partial charge on any atom is -0.453 e. The van der Waals surface area contributed by atoms with Crippen LogP contribution < -0.4 is 5.32 Å². The topological polar surface area (TPSA) is 75.6 Å². The highest BCUT2D eigenvalue weighted by Gasteiger charge is 2.21. The first-order valence-electron chi connectivity index (χ1n) is 6.86. The zero-order valence-corrected chi connectivity index (χ0v) is 11.2. The van der Waals surface area contributed by atoms with Gasteiger partial charge in [-0.3, -0.25) is 4.79 Å². The molecule has 5 heteroatoms. The maximum Gasteiger partial charge on any atom is 0.340 e. The number of hydrogen-bond donors (Lipinski definition) is 2. The second-order valence-corrected chi connectivity index (χ2v) is 4.97. The molecule has 1 aromatic rings. The fourth-order valence-electron chi connectivity index (χ4n) is 2.33. The Bertz CT molecular complexity index is 454. The summed E-state index contributed by atoms with van der Waals surface area (Å²) in [6.07, 6.45) is 2.85. The summed E-state index contributed by atoms with van der Waals surface area (Å²) in [5.74, 6) is -1.12. The Morgan fingerprint density at radius 2 is 1.90 bits per heavy atom. The second-order valence-electron chi connectivity index (χ2n) is 4.97. The summed E-state index contributed by atoms with van der Waals surface area (Å²) in [4.78, 5) is 23.2. The maximum atomic E-state index is 11.6. The van der Waals surface area contributed by atoms with Crippen molar-refractivity contribution >= 4 is 11.9 Å². The Morgan fingerprint density at radius 1 is 1.25 bits per heavy atom. The third kappa shape index (κ3) is 4.06. The Labute approximate surface area is 117 Å². The predicted octanol–water partition coefficient (Wildman–Crippen LogP) is 1.32. The number of hydrogen-bond acceptors (Lipinski definition) is 4. The molecule has 2 N–H and O–H groups in total. The minimum absolute atomic E-state index is 0.195. The van der Waals surface area contributed by atoms with Crippen LogP contribution in [0.5, 0.6) is 0 Å². The highest BCUT2D eigenvalue weighted by Crippen LogP contribution is 2.17. The normalized spacial score (nSPS) is 16.6. The van der Waals surface area contributed by atoms with Crippen LogP contribution in [0, 0.1) is 0 Å². The lowest BCUT2D eigenvalue weighted by Crippen LogP contribution is -2.36. The predicted molar refractivity (Wildman–Crippen MR) is 72.8 cm³/mol. The van der Waals surface area contributed by atoms with Gasteiger partial charge in [-0.25, -0.2) is 4.79 Å². The molecule has 0 unspecified atom stereocenters. The fraction of sp³-hybridized carbons (Fsp3) is 0.467. The van der Waals surface area contributed by atoms with Crippen molar-refractivity contribution < 1.29 is 19.4 Å². The maximum absolute atomic E-state index is 11.6. The molecule has 0 radical (unpaired) electrons. The minimum atomic E-state index is -1.35. The Balaban J connectivity index is 1.75. The molecule has 5 nitrogen and oxygen atoms in total. The molecule has 1 aliphatic carbocycles. The van der Waals surface area contributed by atoms with E-state index in [1.807, 2.05) is 0 Å². The number of carbonyl (C=O) groups excluding carboxylic acids is 2. The van der Waals surface area contributed by atoms with Crippen LogP contribution in [0.4, 0.5) is 0 Å². The SMILES string of the molecule is O=C(COC(=O)[C@@H](O)c1ccccc1)NC1CCCC1. The van der Waals surface area contributed by atoms with E-state index in [0.717, 1.165) is 25.7 Å². The number of benzene rings is 1. The lowest BCUT2D eigenvalue weighted by atomic mass is 10.1. The van der Waals surface area contributed by atoms with Crippen LogP contribution in [-0.2, 0) is 14.3 Å². The van der Waals surface area contributed by atoms with Crippen molar-refractivity contribution in [2.45, 2.75) is 37.8 Å². The van der Waals surface area contributed by atoms with Gasteiger partial charge in [0.2, 0.25) is 0 Å². The molecule has 0 heterocycles. The summed E-state index contributed by atoms with van der Waals surface area (Å²) in [5.41, 5.74) is 0.453. The molecule has 1 saturated carbocycles. The van der Waals surface area contributed by atoms with Gasteiger partial charge in [0.1, 0.15) is 0 Å². The average molecular weight is 277 g/mol. The summed E-state index contributed by atoms with van der Waals surface area (Å²) < 4.78 is 4.83. The number of amides is 1. The first kappa shape index (κ1) is 14.5. The molecule has 0 bridgehead atoms. The standard InChI is InChI=1S/C15H19NO4/c17-13(16-12-8-4-5-9-12)10-20-15(19)14(18)11-6-2-1-3-7-11/h1-3,6-7,12,14,18H,4-5,8-10H2,(H,16,17)/t14-/m0/s1. The van der Waals surface area contributed by atoms with Crippen LogP contribution in [0.3, 0.4) is 0 Å². The van der Waals surface area contributed by atoms with E-state index >= 15 is 0 Å². The average Bonchev–Trinajstić information content (AvgIpc) is 2.97. The van der Waals surface area contributed by atoms with Gasteiger partial charge >= 0.3 is 5.97 Å². The zero-order chi connectivity index (χ0) is 14.4. The summed E-state index contributed by atoms with van der Waals surface area (Å²) in [5, 5.41) is 12.6. The first-order valence-corrected chi connectivity index (χ1v) is 6.86. The van der Waals surface area contributed by atoms with Gasteiger partial charge < -0.3 is 15.2 Å². The van der Waals surface area contributed by atoms with Gasteiger partial charge in [-0.1, -0.05) is 43.2 Å². The first-order chi connectivity index (χ1) is 9.66. The van der Waals surface area contributed by atoms with E-state index in [1.165, 1.54) is 0 Å². The Kier molecular flexibility index (Phi) is 5.12. The van der Waals surface area contributed by atoms with E-state index in [4.69, 9.17) is 4.74 Å². The largest absolute Gasteiger partial charge is 0.453 e. The molecule has 20 heavy (non-hydrogen) atoms. The number of carbonyl (C=O) groups is 2. The molecule has 0 aromatic heterocycles. The van der Waals surface area contributed by atoms with E-state index in [0.29, 0.717) is 5.56 Å². The number of rotatable bonds is 5. The van der Waals surface area contributed by atoms with Gasteiger partial charge in [-0.2, -0.15) is 0 Å². The second kappa shape index (κ2) is 7.05. The molecule has 1 aliphatic rings. The van der Waals surface area contributed by atoms with Gasteiger partial charge in [-0.05, 0) is 18.4 Å². The fourth-order valence-corrected chi connectivity index (χ4v) is 2.33. The van der Waals surface area contributed by atoms with Crippen molar-refractivity contribution in [1.29, 1.82) is 0 Å². The van der Waals surface area contributed by atoms with Crippen molar-refractivity contribution in [1.82, 2.24) is 5.32 Å². The van der Waals surface area contributed by atoms with Crippen LogP contribution in [0.2, 0.25) is 0 Å². The van der Waals surface area contributed by atoms with E-state index in [9.17, 15) is 14.7 Å². The summed E-state index contributed by atoms with van der Waals surface area (Å²) in [7, 11) is 0. The van der Waals surface area contributed by atoms with Crippen molar-refractivity contribution in [2.24, 2.45) is 0 Å². The van der Waals surface area contributed by atoms with Gasteiger partial charge in [0, 0.05) is 6.04 Å².